The third-order valence-corrected chi connectivity index (χ3v) is 4.48. The number of primary amides is 1. The summed E-state index contributed by atoms with van der Waals surface area (Å²) in [5, 5.41) is 3.58. The van der Waals surface area contributed by atoms with Crippen molar-refractivity contribution in [2.24, 2.45) is 11.7 Å². The maximum absolute atomic E-state index is 12.6. The third kappa shape index (κ3) is 4.17. The maximum Gasteiger partial charge on any atom is 0.248 e. The minimum absolute atomic E-state index is 0.0677. The van der Waals surface area contributed by atoms with Crippen LogP contribution < -0.4 is 21.9 Å². The molecule has 1 fully saturated rings. The number of hydrogen-bond acceptors (Lipinski definition) is 4. The number of halogens is 1. The van der Waals surface area contributed by atoms with Crippen LogP contribution in [-0.4, -0.2) is 18.4 Å². The summed E-state index contributed by atoms with van der Waals surface area (Å²) in [4.78, 5) is 23.8. The molecule has 7 heteroatoms. The average molecular weight is 359 g/mol. The SMILES string of the molecule is NC(=O)c1cccc(CNC(=O)C2CNNC2c2ccc(Cl)cc2)c1. The van der Waals surface area contributed by atoms with Crippen molar-refractivity contribution in [3.63, 3.8) is 0 Å². The van der Waals surface area contributed by atoms with Crippen molar-refractivity contribution in [1.82, 2.24) is 16.2 Å². The van der Waals surface area contributed by atoms with Gasteiger partial charge in [0.15, 0.2) is 0 Å². The second-order valence-corrected chi connectivity index (χ2v) is 6.38. The molecule has 25 heavy (non-hydrogen) atoms. The number of nitrogens with two attached hydrogens (primary N) is 1. The molecule has 130 valence electrons. The molecule has 3 rings (SSSR count). The fourth-order valence-electron chi connectivity index (χ4n) is 2.88. The Morgan fingerprint density at radius 2 is 1.96 bits per heavy atom. The summed E-state index contributed by atoms with van der Waals surface area (Å²) in [6.45, 7) is 0.865. The molecule has 0 radical (unpaired) electrons. The molecule has 0 aliphatic carbocycles. The molecule has 1 aliphatic rings. The molecule has 2 aromatic carbocycles. The van der Waals surface area contributed by atoms with Crippen LogP contribution in [0.5, 0.6) is 0 Å². The Balaban J connectivity index is 1.65. The molecule has 1 aliphatic heterocycles. The van der Waals surface area contributed by atoms with Gasteiger partial charge in [0.25, 0.3) is 0 Å². The van der Waals surface area contributed by atoms with Crippen LogP contribution in [0, 0.1) is 5.92 Å². The summed E-state index contributed by atoms with van der Waals surface area (Å²) in [6.07, 6.45) is 0. The number of carbonyl (C=O) groups is 2. The Kier molecular flexibility index (Phi) is 5.33. The molecule has 2 unspecified atom stereocenters. The molecule has 0 spiro atoms. The lowest BCUT2D eigenvalue weighted by molar-refractivity contribution is -0.125. The highest BCUT2D eigenvalue weighted by Crippen LogP contribution is 2.26. The molecule has 6 nitrogen and oxygen atoms in total. The van der Waals surface area contributed by atoms with Crippen molar-refractivity contribution >= 4 is 23.4 Å². The lowest BCUT2D eigenvalue weighted by Crippen LogP contribution is -2.34. The van der Waals surface area contributed by atoms with E-state index in [9.17, 15) is 9.59 Å². The van der Waals surface area contributed by atoms with Gasteiger partial charge in [0.1, 0.15) is 0 Å². The van der Waals surface area contributed by atoms with E-state index in [2.05, 4.69) is 16.2 Å². The number of hydrogen-bond donors (Lipinski definition) is 4. The van der Waals surface area contributed by atoms with Gasteiger partial charge in [0, 0.05) is 23.7 Å². The number of nitrogens with one attached hydrogen (secondary N) is 3. The highest BCUT2D eigenvalue weighted by Gasteiger charge is 2.33. The fraction of sp³-hybridized carbons (Fsp3) is 0.222. The zero-order valence-electron chi connectivity index (χ0n) is 13.5. The quantitative estimate of drug-likeness (QED) is 0.651. The van der Waals surface area contributed by atoms with E-state index in [1.165, 1.54) is 0 Å². The average Bonchev–Trinajstić information content (AvgIpc) is 3.10. The van der Waals surface area contributed by atoms with Crippen LogP contribution in [0.25, 0.3) is 0 Å². The Bertz CT molecular complexity index is 779. The van der Waals surface area contributed by atoms with Gasteiger partial charge in [-0.25, -0.2) is 5.43 Å². The highest BCUT2D eigenvalue weighted by atomic mass is 35.5. The van der Waals surface area contributed by atoms with Crippen LogP contribution in [0.2, 0.25) is 5.02 Å². The van der Waals surface area contributed by atoms with Gasteiger partial charge in [-0.1, -0.05) is 35.9 Å². The number of hydrazine groups is 1. The van der Waals surface area contributed by atoms with Crippen molar-refractivity contribution in [2.75, 3.05) is 6.54 Å². The molecular weight excluding hydrogens is 340 g/mol. The molecule has 1 saturated heterocycles. The lowest BCUT2D eigenvalue weighted by atomic mass is 9.94. The second kappa shape index (κ2) is 7.65. The van der Waals surface area contributed by atoms with Crippen molar-refractivity contribution in [2.45, 2.75) is 12.6 Å². The molecule has 0 bridgehead atoms. The zero-order chi connectivity index (χ0) is 17.8. The summed E-state index contributed by atoms with van der Waals surface area (Å²) in [7, 11) is 0. The second-order valence-electron chi connectivity index (χ2n) is 5.94. The van der Waals surface area contributed by atoms with Crippen LogP contribution in [0.3, 0.4) is 0 Å². The molecule has 5 N–H and O–H groups in total. The topological polar surface area (TPSA) is 96.2 Å². The van der Waals surface area contributed by atoms with E-state index in [1.807, 2.05) is 18.2 Å². The lowest BCUT2D eigenvalue weighted by Gasteiger charge is -2.18. The first-order chi connectivity index (χ1) is 12.0. The van der Waals surface area contributed by atoms with Gasteiger partial charge >= 0.3 is 0 Å². The van der Waals surface area contributed by atoms with Crippen molar-refractivity contribution < 1.29 is 9.59 Å². The maximum atomic E-state index is 12.6. The third-order valence-electron chi connectivity index (χ3n) is 4.23. The van der Waals surface area contributed by atoms with Crippen LogP contribution >= 0.6 is 11.6 Å². The largest absolute Gasteiger partial charge is 0.366 e. The van der Waals surface area contributed by atoms with Crippen molar-refractivity contribution in [3.8, 4) is 0 Å². The minimum atomic E-state index is -0.486. The molecule has 0 aromatic heterocycles. The van der Waals surface area contributed by atoms with E-state index in [0.717, 1.165) is 11.1 Å². The fourth-order valence-corrected chi connectivity index (χ4v) is 3.01. The van der Waals surface area contributed by atoms with Gasteiger partial charge in [-0.2, -0.15) is 0 Å². The standard InChI is InChI=1S/C18H19ClN4O2/c19-14-6-4-12(5-7-14)16-15(10-22-23-16)18(25)21-9-11-2-1-3-13(8-11)17(20)24/h1-8,15-16,22-23H,9-10H2,(H2,20,24)(H,21,25). The van der Waals surface area contributed by atoms with Gasteiger partial charge in [-0.3, -0.25) is 15.0 Å². The van der Waals surface area contributed by atoms with E-state index in [0.29, 0.717) is 23.7 Å². The smallest absolute Gasteiger partial charge is 0.248 e. The van der Waals surface area contributed by atoms with E-state index in [1.54, 1.807) is 30.3 Å². The van der Waals surface area contributed by atoms with Crippen LogP contribution in [0.1, 0.15) is 27.5 Å². The summed E-state index contributed by atoms with van der Waals surface area (Å²) >= 11 is 5.92. The molecule has 1 heterocycles. The van der Waals surface area contributed by atoms with E-state index in [4.69, 9.17) is 17.3 Å². The molecule has 2 amide bonds. The summed E-state index contributed by atoms with van der Waals surface area (Å²) in [6, 6.07) is 14.2. The summed E-state index contributed by atoms with van der Waals surface area (Å²) < 4.78 is 0. The Morgan fingerprint density at radius 1 is 1.20 bits per heavy atom. The number of amides is 2. The van der Waals surface area contributed by atoms with Crippen LogP contribution in [0.15, 0.2) is 48.5 Å². The van der Waals surface area contributed by atoms with Crippen LogP contribution in [0.4, 0.5) is 0 Å². The molecular formula is C18H19ClN4O2. The molecule has 2 atom stereocenters. The van der Waals surface area contributed by atoms with Gasteiger partial charge in [0.05, 0.1) is 12.0 Å². The first kappa shape index (κ1) is 17.4. The van der Waals surface area contributed by atoms with Crippen molar-refractivity contribution in [3.05, 3.63) is 70.2 Å². The first-order valence-electron chi connectivity index (χ1n) is 7.95. The predicted molar refractivity (Wildman–Crippen MR) is 95.6 cm³/mol. The minimum Gasteiger partial charge on any atom is -0.366 e. The zero-order valence-corrected chi connectivity index (χ0v) is 14.2. The van der Waals surface area contributed by atoms with Crippen LogP contribution in [-0.2, 0) is 11.3 Å². The number of carbonyl (C=O) groups excluding carboxylic acids is 2. The number of rotatable bonds is 5. The van der Waals surface area contributed by atoms with Gasteiger partial charge < -0.3 is 11.1 Å². The molecule has 2 aromatic rings. The monoisotopic (exact) mass is 358 g/mol. The van der Waals surface area contributed by atoms with Crippen molar-refractivity contribution in [1.29, 1.82) is 0 Å². The van der Waals surface area contributed by atoms with Gasteiger partial charge in [-0.05, 0) is 35.4 Å². The molecule has 0 saturated carbocycles. The first-order valence-corrected chi connectivity index (χ1v) is 8.32. The normalized spacial score (nSPS) is 19.6. The predicted octanol–water partition coefficient (Wildman–Crippen LogP) is 1.52. The summed E-state index contributed by atoms with van der Waals surface area (Å²) in [5.74, 6) is -0.803. The Morgan fingerprint density at radius 3 is 2.68 bits per heavy atom. The van der Waals surface area contributed by atoms with Gasteiger partial charge in [-0.15, -0.1) is 0 Å². The van der Waals surface area contributed by atoms with E-state index >= 15 is 0 Å². The van der Waals surface area contributed by atoms with Gasteiger partial charge in [0.2, 0.25) is 11.8 Å². The Labute approximate surface area is 150 Å². The summed E-state index contributed by atoms with van der Waals surface area (Å²) in [5.41, 5.74) is 13.7. The van der Waals surface area contributed by atoms with E-state index in [-0.39, 0.29) is 17.9 Å². The van der Waals surface area contributed by atoms with E-state index < -0.39 is 5.91 Å². The number of benzene rings is 2. The Hall–Kier alpha value is -2.41. The highest BCUT2D eigenvalue weighted by molar-refractivity contribution is 6.30.